The van der Waals surface area contributed by atoms with Gasteiger partial charge in [0.2, 0.25) is 0 Å². The summed E-state index contributed by atoms with van der Waals surface area (Å²) in [4.78, 5) is 25.6. The van der Waals surface area contributed by atoms with Crippen LogP contribution in [0.1, 0.15) is 11.1 Å². The van der Waals surface area contributed by atoms with Crippen LogP contribution in [0.2, 0.25) is 0 Å². The van der Waals surface area contributed by atoms with Gasteiger partial charge >= 0.3 is 11.9 Å². The highest BCUT2D eigenvalue weighted by Gasteiger charge is 2.23. The second kappa shape index (κ2) is 7.28. The van der Waals surface area contributed by atoms with Crippen molar-refractivity contribution in [1.82, 2.24) is 10.3 Å². The Morgan fingerprint density at radius 2 is 1.63 bits per heavy atom. The van der Waals surface area contributed by atoms with Crippen LogP contribution in [-0.4, -0.2) is 46.6 Å². The van der Waals surface area contributed by atoms with Crippen LogP contribution in [0, 0.1) is 0 Å². The maximum atomic E-state index is 11.9. The summed E-state index contributed by atoms with van der Waals surface area (Å²) in [7, 11) is 3.80. The van der Waals surface area contributed by atoms with E-state index in [1.54, 1.807) is 12.1 Å². The summed E-state index contributed by atoms with van der Waals surface area (Å²) < 4.78 is 4.61. The second-order valence-electron chi connectivity index (χ2n) is 6.17. The van der Waals surface area contributed by atoms with Crippen LogP contribution in [0.4, 0.5) is 5.69 Å². The highest BCUT2D eigenvalue weighted by atomic mass is 16.6. The number of rotatable bonds is 6. The third-order valence-electron chi connectivity index (χ3n) is 4.15. The molecule has 138 valence electrons. The zero-order chi connectivity index (χ0) is 19.6. The predicted molar refractivity (Wildman–Crippen MR) is 98.5 cm³/mol. The smallest absolute Gasteiger partial charge is 0.336 e. The average molecular weight is 367 g/mol. The van der Waals surface area contributed by atoms with Gasteiger partial charge in [0.1, 0.15) is 11.0 Å². The number of hydrogen-bond acceptors (Lipinski definition) is 6. The molecule has 0 aliphatic rings. The van der Waals surface area contributed by atoms with Gasteiger partial charge in [-0.05, 0) is 45.7 Å². The number of carboxylic acid groups (broad SMARTS) is 2. The summed E-state index contributed by atoms with van der Waals surface area (Å²) in [5, 5.41) is 26.7. The first-order chi connectivity index (χ1) is 12.9. The van der Waals surface area contributed by atoms with Crippen molar-refractivity contribution in [3.8, 4) is 0 Å². The Balaban J connectivity index is 2.07. The normalized spacial score (nSPS) is 11.9. The standard InChI is InChI=1S/C19H17N3O5/c1-22(2)13-6-3-11(4-7-13)9-14(18(23)24)17(19(25)26)12-5-8-15-16(10-12)21-27-20-15/h3-8,10H,9H2,1-2H3,(H,23,24)(H,25,26). The molecule has 8 nitrogen and oxygen atoms in total. The van der Waals surface area contributed by atoms with E-state index in [2.05, 4.69) is 14.9 Å². The summed E-state index contributed by atoms with van der Waals surface area (Å²) in [6.07, 6.45) is -0.0280. The van der Waals surface area contributed by atoms with E-state index in [9.17, 15) is 19.8 Å². The largest absolute Gasteiger partial charge is 0.478 e. The van der Waals surface area contributed by atoms with Gasteiger partial charge in [-0.1, -0.05) is 18.2 Å². The Morgan fingerprint density at radius 3 is 2.22 bits per heavy atom. The van der Waals surface area contributed by atoms with Gasteiger partial charge in [0.15, 0.2) is 0 Å². The first-order valence-corrected chi connectivity index (χ1v) is 8.05. The van der Waals surface area contributed by atoms with Crippen molar-refractivity contribution >= 4 is 34.2 Å². The zero-order valence-electron chi connectivity index (χ0n) is 14.7. The van der Waals surface area contributed by atoms with E-state index in [1.165, 1.54) is 18.2 Å². The Morgan fingerprint density at radius 1 is 0.963 bits per heavy atom. The van der Waals surface area contributed by atoms with Crippen molar-refractivity contribution in [2.45, 2.75) is 6.42 Å². The number of benzene rings is 2. The summed E-state index contributed by atoms with van der Waals surface area (Å²) in [5.74, 6) is -2.62. The lowest BCUT2D eigenvalue weighted by molar-refractivity contribution is -0.134. The summed E-state index contributed by atoms with van der Waals surface area (Å²) in [5.41, 5.74) is 2.20. The van der Waals surface area contributed by atoms with Crippen LogP contribution >= 0.6 is 0 Å². The van der Waals surface area contributed by atoms with E-state index in [0.29, 0.717) is 16.6 Å². The highest BCUT2D eigenvalue weighted by molar-refractivity contribution is 6.22. The topological polar surface area (TPSA) is 117 Å². The van der Waals surface area contributed by atoms with Gasteiger partial charge in [0.05, 0.1) is 11.1 Å². The lowest BCUT2D eigenvalue weighted by atomic mass is 9.94. The van der Waals surface area contributed by atoms with Crippen LogP contribution in [-0.2, 0) is 16.0 Å². The first kappa shape index (κ1) is 18.1. The molecule has 2 aromatic carbocycles. The van der Waals surface area contributed by atoms with Gasteiger partial charge in [-0.15, -0.1) is 0 Å². The minimum atomic E-state index is -1.33. The Kier molecular flexibility index (Phi) is 4.89. The van der Waals surface area contributed by atoms with E-state index >= 15 is 0 Å². The molecule has 0 bridgehead atoms. The first-order valence-electron chi connectivity index (χ1n) is 8.05. The third kappa shape index (κ3) is 3.79. The average Bonchev–Trinajstić information content (AvgIpc) is 3.09. The number of hydrogen-bond donors (Lipinski definition) is 2. The van der Waals surface area contributed by atoms with Gasteiger partial charge in [-0.25, -0.2) is 14.2 Å². The van der Waals surface area contributed by atoms with Crippen molar-refractivity contribution in [1.29, 1.82) is 0 Å². The van der Waals surface area contributed by atoms with E-state index in [4.69, 9.17) is 0 Å². The van der Waals surface area contributed by atoms with Crippen LogP contribution in [0.3, 0.4) is 0 Å². The molecule has 0 saturated carbocycles. The number of carboxylic acids is 2. The highest BCUT2D eigenvalue weighted by Crippen LogP contribution is 2.26. The van der Waals surface area contributed by atoms with Crippen LogP contribution in [0.25, 0.3) is 16.6 Å². The molecule has 0 atom stereocenters. The molecule has 3 rings (SSSR count). The monoisotopic (exact) mass is 367 g/mol. The number of aliphatic carboxylic acids is 2. The maximum Gasteiger partial charge on any atom is 0.336 e. The molecule has 8 heteroatoms. The quantitative estimate of drug-likeness (QED) is 0.638. The maximum absolute atomic E-state index is 11.9. The fraction of sp³-hybridized carbons (Fsp3) is 0.158. The molecule has 0 fully saturated rings. The zero-order valence-corrected chi connectivity index (χ0v) is 14.7. The number of nitrogens with zero attached hydrogens (tertiary/aromatic N) is 3. The van der Waals surface area contributed by atoms with Gasteiger partial charge < -0.3 is 15.1 Å². The van der Waals surface area contributed by atoms with Gasteiger partial charge in [0.25, 0.3) is 0 Å². The lowest BCUT2D eigenvalue weighted by Crippen LogP contribution is -2.13. The summed E-state index contributed by atoms with van der Waals surface area (Å²) >= 11 is 0. The number of aromatic nitrogens is 2. The molecular formula is C19H17N3O5. The molecule has 1 aromatic heterocycles. The predicted octanol–water partition coefficient (Wildman–Crippen LogP) is 2.45. The van der Waals surface area contributed by atoms with E-state index < -0.39 is 11.9 Å². The van der Waals surface area contributed by atoms with E-state index in [1.807, 2.05) is 31.1 Å². The van der Waals surface area contributed by atoms with Crippen molar-refractivity contribution in [3.63, 3.8) is 0 Å². The molecule has 0 saturated heterocycles. The summed E-state index contributed by atoms with van der Waals surface area (Å²) in [6, 6.07) is 11.7. The van der Waals surface area contributed by atoms with Crippen molar-refractivity contribution in [2.24, 2.45) is 0 Å². The molecule has 0 radical (unpaired) electrons. The van der Waals surface area contributed by atoms with Crippen LogP contribution < -0.4 is 4.90 Å². The number of fused-ring (bicyclic) bond motifs is 1. The SMILES string of the molecule is CN(C)c1ccc(CC(C(=O)O)=C(C(=O)O)c2ccc3nonc3c2)cc1. The third-order valence-corrected chi connectivity index (χ3v) is 4.15. The Bertz CT molecular complexity index is 1030. The number of carbonyl (C=O) groups is 2. The van der Waals surface area contributed by atoms with Gasteiger partial charge in [0, 0.05) is 26.2 Å². The molecule has 0 unspecified atom stereocenters. The van der Waals surface area contributed by atoms with Gasteiger partial charge in [-0.3, -0.25) is 0 Å². The molecule has 2 N–H and O–H groups in total. The van der Waals surface area contributed by atoms with Gasteiger partial charge in [-0.2, -0.15) is 0 Å². The molecule has 0 amide bonds. The lowest BCUT2D eigenvalue weighted by Gasteiger charge is -2.13. The minimum Gasteiger partial charge on any atom is -0.478 e. The van der Waals surface area contributed by atoms with Crippen molar-refractivity contribution < 1.29 is 24.4 Å². The fourth-order valence-electron chi connectivity index (χ4n) is 2.75. The summed E-state index contributed by atoms with van der Waals surface area (Å²) in [6.45, 7) is 0. The van der Waals surface area contributed by atoms with Crippen LogP contribution in [0.5, 0.6) is 0 Å². The van der Waals surface area contributed by atoms with Crippen LogP contribution in [0.15, 0.2) is 52.7 Å². The van der Waals surface area contributed by atoms with E-state index in [-0.39, 0.29) is 23.1 Å². The van der Waals surface area contributed by atoms with E-state index in [0.717, 1.165) is 5.69 Å². The minimum absolute atomic E-state index is 0.0280. The molecule has 3 aromatic rings. The molecule has 0 spiro atoms. The fourth-order valence-corrected chi connectivity index (χ4v) is 2.75. The number of anilines is 1. The molecular weight excluding hydrogens is 350 g/mol. The van der Waals surface area contributed by atoms with Crippen molar-refractivity contribution in [2.75, 3.05) is 19.0 Å². The second-order valence-corrected chi connectivity index (χ2v) is 6.17. The Labute approximate surface area is 154 Å². The molecule has 0 aliphatic carbocycles. The van der Waals surface area contributed by atoms with Crippen molar-refractivity contribution in [3.05, 3.63) is 59.2 Å². The molecule has 1 heterocycles. The molecule has 0 aliphatic heterocycles. The molecule has 27 heavy (non-hydrogen) atoms. The Hall–Kier alpha value is -3.68.